The molecule has 0 saturated heterocycles. The fourth-order valence-corrected chi connectivity index (χ4v) is 2.22. The number of ether oxygens (including phenoxy) is 2. The lowest BCUT2D eigenvalue weighted by Crippen LogP contribution is -2.44. The van der Waals surface area contributed by atoms with E-state index in [9.17, 15) is 24.3 Å². The van der Waals surface area contributed by atoms with Gasteiger partial charge in [-0.2, -0.15) is 0 Å². The average Bonchev–Trinajstić information content (AvgIpc) is 2.99. The summed E-state index contributed by atoms with van der Waals surface area (Å²) in [5.41, 5.74) is -1.14. The molecule has 0 aliphatic carbocycles. The lowest BCUT2D eigenvalue weighted by Gasteiger charge is -2.21. The molecule has 0 unspecified atom stereocenters. The van der Waals surface area contributed by atoms with E-state index in [4.69, 9.17) is 9.47 Å². The molecule has 11 nitrogen and oxygen atoms in total. The van der Waals surface area contributed by atoms with Gasteiger partial charge < -0.3 is 25.2 Å². The molecule has 0 saturated carbocycles. The zero-order chi connectivity index (χ0) is 23.1. The molecule has 2 amide bonds. The summed E-state index contributed by atoms with van der Waals surface area (Å²) < 4.78 is 11.4. The second-order valence-corrected chi connectivity index (χ2v) is 8.58. The first-order valence-electron chi connectivity index (χ1n) is 9.41. The minimum atomic E-state index is -1.29. The van der Waals surface area contributed by atoms with Crippen molar-refractivity contribution in [1.29, 1.82) is 0 Å². The Morgan fingerprint density at radius 1 is 1.10 bits per heavy atom. The molecule has 30 heavy (non-hydrogen) atoms. The van der Waals surface area contributed by atoms with E-state index in [1.54, 1.807) is 41.5 Å². The minimum absolute atomic E-state index is 0.0249. The summed E-state index contributed by atoms with van der Waals surface area (Å²) >= 11 is 0. The third kappa shape index (κ3) is 9.39. The van der Waals surface area contributed by atoms with Gasteiger partial charge in [0, 0.05) is 25.6 Å². The first-order valence-corrected chi connectivity index (χ1v) is 9.41. The van der Waals surface area contributed by atoms with Crippen molar-refractivity contribution in [1.82, 2.24) is 20.2 Å². The fourth-order valence-electron chi connectivity index (χ4n) is 2.22. The van der Waals surface area contributed by atoms with E-state index >= 15 is 0 Å². The Labute approximate surface area is 175 Å². The van der Waals surface area contributed by atoms with E-state index in [1.165, 1.54) is 12.5 Å². The Hall–Kier alpha value is -3.11. The Kier molecular flexibility index (Phi) is 8.38. The van der Waals surface area contributed by atoms with Gasteiger partial charge in [-0.15, -0.1) is 0 Å². The quantitative estimate of drug-likeness (QED) is 0.596. The first kappa shape index (κ1) is 24.9. The number of nitrogens with one attached hydrogen (secondary N) is 2. The largest absolute Gasteiger partial charge is 0.480 e. The Balaban J connectivity index is 2.65. The van der Waals surface area contributed by atoms with E-state index in [0.717, 1.165) is 4.57 Å². The van der Waals surface area contributed by atoms with Crippen LogP contribution in [0.15, 0.2) is 12.5 Å². The predicted octanol–water partition coefficient (Wildman–Crippen LogP) is 1.69. The van der Waals surface area contributed by atoms with Crippen LogP contribution in [0.25, 0.3) is 0 Å². The van der Waals surface area contributed by atoms with E-state index in [1.807, 2.05) is 0 Å². The number of carboxylic acid groups (broad SMARTS) is 1. The van der Waals surface area contributed by atoms with Crippen LogP contribution in [0.2, 0.25) is 0 Å². The molecule has 0 aromatic carbocycles. The van der Waals surface area contributed by atoms with Crippen LogP contribution in [0.5, 0.6) is 0 Å². The Morgan fingerprint density at radius 3 is 2.23 bits per heavy atom. The summed E-state index contributed by atoms with van der Waals surface area (Å²) in [6.07, 6.45) is 0.845. The van der Waals surface area contributed by atoms with Gasteiger partial charge in [-0.3, -0.25) is 4.79 Å². The number of carbonyl (C=O) groups is 4. The average molecular weight is 426 g/mol. The highest BCUT2D eigenvalue weighted by molar-refractivity contribution is 5.84. The molecule has 0 aliphatic rings. The van der Waals surface area contributed by atoms with Crippen LogP contribution in [0.4, 0.5) is 9.59 Å². The number of aliphatic carboxylic acids is 1. The van der Waals surface area contributed by atoms with Crippen LogP contribution >= 0.6 is 0 Å². The molecule has 1 heterocycles. The summed E-state index contributed by atoms with van der Waals surface area (Å²) in [7, 11) is 0. The zero-order valence-corrected chi connectivity index (χ0v) is 18.1. The number of carbonyl (C=O) groups excluding carboxylic acids is 3. The SMILES string of the molecule is CC(C)(C)OC(=O)NCCC(=O)N[C@@H](Cc1cncn1C(=O)OC(C)(C)C)C(=O)O. The van der Waals surface area contributed by atoms with Gasteiger partial charge in [-0.05, 0) is 41.5 Å². The van der Waals surface area contributed by atoms with Crippen molar-refractivity contribution in [2.45, 2.75) is 71.6 Å². The number of hydrogen-bond donors (Lipinski definition) is 3. The summed E-state index contributed by atoms with van der Waals surface area (Å²) in [5.74, 6) is -1.86. The Morgan fingerprint density at radius 2 is 1.70 bits per heavy atom. The first-order chi connectivity index (χ1) is 13.7. The predicted molar refractivity (Wildman–Crippen MR) is 106 cm³/mol. The number of hydrogen-bond acceptors (Lipinski definition) is 7. The van der Waals surface area contributed by atoms with Gasteiger partial charge >= 0.3 is 18.2 Å². The molecule has 1 aromatic heterocycles. The highest BCUT2D eigenvalue weighted by Gasteiger charge is 2.25. The smallest absolute Gasteiger partial charge is 0.420 e. The number of rotatable bonds is 7. The van der Waals surface area contributed by atoms with Crippen molar-refractivity contribution in [3.05, 3.63) is 18.2 Å². The van der Waals surface area contributed by atoms with Crippen molar-refractivity contribution >= 4 is 24.1 Å². The van der Waals surface area contributed by atoms with Crippen molar-refractivity contribution in [2.75, 3.05) is 6.54 Å². The van der Waals surface area contributed by atoms with E-state index < -0.39 is 41.3 Å². The molecule has 1 aromatic rings. The lowest BCUT2D eigenvalue weighted by molar-refractivity contribution is -0.141. The second kappa shape index (κ2) is 10.1. The second-order valence-electron chi connectivity index (χ2n) is 8.58. The Bertz CT molecular complexity index is 775. The summed E-state index contributed by atoms with van der Waals surface area (Å²) in [4.78, 5) is 51.3. The summed E-state index contributed by atoms with van der Waals surface area (Å²) in [6.45, 7) is 10.2. The number of nitrogens with zero attached hydrogens (tertiary/aromatic N) is 2. The van der Waals surface area contributed by atoms with Gasteiger partial charge in [0.15, 0.2) is 0 Å². The maximum Gasteiger partial charge on any atom is 0.420 e. The number of amides is 2. The van der Waals surface area contributed by atoms with Crippen molar-refractivity contribution < 1.29 is 33.8 Å². The van der Waals surface area contributed by atoms with Crippen LogP contribution in [0, 0.1) is 0 Å². The molecular formula is C19H30N4O7. The van der Waals surface area contributed by atoms with Gasteiger partial charge in [0.25, 0.3) is 0 Å². The molecule has 1 atom stereocenters. The third-order valence-corrected chi connectivity index (χ3v) is 3.37. The molecule has 0 spiro atoms. The van der Waals surface area contributed by atoms with E-state index in [0.29, 0.717) is 0 Å². The van der Waals surface area contributed by atoms with Gasteiger partial charge in [0.2, 0.25) is 5.91 Å². The van der Waals surface area contributed by atoms with Crippen LogP contribution < -0.4 is 10.6 Å². The highest BCUT2D eigenvalue weighted by Crippen LogP contribution is 2.12. The standard InChI is InChI=1S/C19H30N4O7/c1-18(2,3)29-16(27)21-8-7-14(24)22-13(15(25)26)9-12-10-20-11-23(12)17(28)30-19(4,5)6/h10-11,13H,7-9H2,1-6H3,(H,21,27)(H,22,24)(H,25,26)/t13-/m0/s1. The van der Waals surface area contributed by atoms with Crippen molar-refractivity contribution in [3.8, 4) is 0 Å². The van der Waals surface area contributed by atoms with Gasteiger partial charge in [-0.25, -0.2) is 23.9 Å². The molecule has 0 aliphatic heterocycles. The van der Waals surface area contributed by atoms with E-state index in [-0.39, 0.29) is 25.1 Å². The monoisotopic (exact) mass is 426 g/mol. The molecular weight excluding hydrogens is 396 g/mol. The van der Waals surface area contributed by atoms with Crippen molar-refractivity contribution in [3.63, 3.8) is 0 Å². The zero-order valence-electron chi connectivity index (χ0n) is 18.1. The van der Waals surface area contributed by atoms with Gasteiger partial charge in [-0.1, -0.05) is 0 Å². The fraction of sp³-hybridized carbons (Fsp3) is 0.632. The molecule has 11 heteroatoms. The number of imidazole rings is 1. The summed E-state index contributed by atoms with van der Waals surface area (Å²) in [5, 5.41) is 14.2. The molecule has 0 fully saturated rings. The molecule has 168 valence electrons. The maximum atomic E-state index is 12.2. The van der Waals surface area contributed by atoms with Crippen molar-refractivity contribution in [2.24, 2.45) is 0 Å². The van der Waals surface area contributed by atoms with Crippen LogP contribution in [-0.4, -0.2) is 62.5 Å². The normalized spacial score (nSPS) is 12.6. The van der Waals surface area contributed by atoms with E-state index in [2.05, 4.69) is 15.6 Å². The third-order valence-electron chi connectivity index (χ3n) is 3.37. The van der Waals surface area contributed by atoms with Crippen LogP contribution in [-0.2, 0) is 25.5 Å². The molecule has 1 rings (SSSR count). The molecule has 3 N–H and O–H groups in total. The topological polar surface area (TPSA) is 149 Å². The van der Waals surface area contributed by atoms with Crippen LogP contribution in [0.3, 0.4) is 0 Å². The molecule has 0 radical (unpaired) electrons. The highest BCUT2D eigenvalue weighted by atomic mass is 16.6. The van der Waals surface area contributed by atoms with Gasteiger partial charge in [0.05, 0.1) is 5.69 Å². The summed E-state index contributed by atoms with van der Waals surface area (Å²) in [6, 6.07) is -1.29. The van der Waals surface area contributed by atoms with Crippen LogP contribution in [0.1, 0.15) is 53.7 Å². The minimum Gasteiger partial charge on any atom is -0.480 e. The maximum absolute atomic E-state index is 12.2. The van der Waals surface area contributed by atoms with Gasteiger partial charge in [0.1, 0.15) is 23.6 Å². The number of aromatic nitrogens is 2. The lowest BCUT2D eigenvalue weighted by atomic mass is 10.1. The number of alkyl carbamates (subject to hydrolysis) is 1. The number of carboxylic acids is 1. The molecule has 0 bridgehead atoms.